The van der Waals surface area contributed by atoms with E-state index in [1.165, 1.54) is 0 Å². The second kappa shape index (κ2) is 6.31. The zero-order chi connectivity index (χ0) is 15.4. The maximum absolute atomic E-state index is 12.1. The van der Waals surface area contributed by atoms with Crippen LogP contribution in [0.1, 0.15) is 38.0 Å². The zero-order valence-electron chi connectivity index (χ0n) is 12.4. The molecule has 1 aliphatic carbocycles. The molecule has 7 nitrogen and oxygen atoms in total. The number of nitrogens with one attached hydrogen (secondary N) is 1. The Morgan fingerprint density at radius 1 is 1.41 bits per heavy atom. The lowest BCUT2D eigenvalue weighted by Gasteiger charge is -2.28. The van der Waals surface area contributed by atoms with E-state index in [1.807, 2.05) is 0 Å². The predicted molar refractivity (Wildman–Crippen MR) is 78.7 cm³/mol. The first-order valence-corrected chi connectivity index (χ1v) is 7.58. The fraction of sp³-hybridized carbons (Fsp3) is 0.533. The van der Waals surface area contributed by atoms with Gasteiger partial charge < -0.3 is 20.0 Å². The molecule has 0 spiro atoms. The lowest BCUT2D eigenvalue weighted by Crippen LogP contribution is -2.51. The Kier molecular flexibility index (Phi) is 4.24. The summed E-state index contributed by atoms with van der Waals surface area (Å²) in [6.07, 6.45) is 6.41. The van der Waals surface area contributed by atoms with Crippen LogP contribution in [0.2, 0.25) is 0 Å². The van der Waals surface area contributed by atoms with Crippen LogP contribution in [0, 0.1) is 0 Å². The van der Waals surface area contributed by atoms with Crippen molar-refractivity contribution in [2.75, 3.05) is 6.54 Å². The van der Waals surface area contributed by atoms with Gasteiger partial charge in [0.15, 0.2) is 5.76 Å². The third-order valence-corrected chi connectivity index (χ3v) is 4.13. The van der Waals surface area contributed by atoms with Gasteiger partial charge in [0, 0.05) is 19.4 Å². The molecule has 0 radical (unpaired) electrons. The summed E-state index contributed by atoms with van der Waals surface area (Å²) in [6.45, 7) is 0.488. The van der Waals surface area contributed by atoms with Crippen LogP contribution in [-0.4, -0.2) is 28.1 Å². The largest absolute Gasteiger partial charge is 0.461 e. The Bertz CT molecular complexity index is 615. The summed E-state index contributed by atoms with van der Waals surface area (Å²) in [4.78, 5) is 16.3. The summed E-state index contributed by atoms with van der Waals surface area (Å²) < 4.78 is 10.3. The first kappa shape index (κ1) is 14.8. The van der Waals surface area contributed by atoms with Crippen molar-refractivity contribution in [1.82, 2.24) is 15.5 Å². The van der Waals surface area contributed by atoms with Crippen molar-refractivity contribution in [2.24, 2.45) is 5.73 Å². The molecule has 0 atom stereocenters. The topological polar surface area (TPSA) is 107 Å². The smallest absolute Gasteiger partial charge is 0.238 e. The normalized spacial score (nSPS) is 16.8. The summed E-state index contributed by atoms with van der Waals surface area (Å²) in [5.41, 5.74) is 5.60. The van der Waals surface area contributed by atoms with Crippen molar-refractivity contribution in [1.29, 1.82) is 0 Å². The number of rotatable bonds is 6. The van der Waals surface area contributed by atoms with Gasteiger partial charge in [-0.05, 0) is 25.0 Å². The minimum atomic E-state index is -0.217. The minimum absolute atomic E-state index is 0.0231. The Morgan fingerprint density at radius 2 is 2.23 bits per heavy atom. The van der Waals surface area contributed by atoms with Gasteiger partial charge in [0.05, 0.1) is 11.8 Å². The third kappa shape index (κ3) is 3.19. The van der Waals surface area contributed by atoms with Gasteiger partial charge in [-0.1, -0.05) is 18.0 Å². The summed E-state index contributed by atoms with van der Waals surface area (Å²) >= 11 is 0. The first-order chi connectivity index (χ1) is 10.7. The molecule has 0 aliphatic heterocycles. The van der Waals surface area contributed by atoms with E-state index in [9.17, 15) is 4.79 Å². The van der Waals surface area contributed by atoms with Gasteiger partial charge in [-0.2, -0.15) is 4.98 Å². The highest BCUT2D eigenvalue weighted by molar-refractivity contribution is 5.77. The Balaban J connectivity index is 1.53. The molecular formula is C15H20N4O3. The maximum atomic E-state index is 12.1. The van der Waals surface area contributed by atoms with Gasteiger partial charge in [-0.3, -0.25) is 4.79 Å². The van der Waals surface area contributed by atoms with E-state index in [4.69, 9.17) is 14.7 Å². The average molecular weight is 304 g/mol. The first-order valence-electron chi connectivity index (χ1n) is 7.58. The maximum Gasteiger partial charge on any atom is 0.238 e. The summed E-state index contributed by atoms with van der Waals surface area (Å²) in [6, 6.07) is 3.51. The van der Waals surface area contributed by atoms with Crippen LogP contribution in [0.5, 0.6) is 0 Å². The van der Waals surface area contributed by atoms with Crippen molar-refractivity contribution in [3.63, 3.8) is 0 Å². The molecule has 22 heavy (non-hydrogen) atoms. The number of hydrogen-bond acceptors (Lipinski definition) is 6. The average Bonchev–Trinajstić information content (AvgIpc) is 3.26. The van der Waals surface area contributed by atoms with Gasteiger partial charge in [0.1, 0.15) is 0 Å². The molecule has 2 aromatic rings. The number of hydrogen-bond donors (Lipinski definition) is 2. The third-order valence-electron chi connectivity index (χ3n) is 4.13. The van der Waals surface area contributed by atoms with Crippen LogP contribution in [0.3, 0.4) is 0 Å². The molecule has 1 aliphatic rings. The Hall–Kier alpha value is -2.15. The van der Waals surface area contributed by atoms with E-state index < -0.39 is 0 Å². The molecule has 1 saturated carbocycles. The number of carbonyl (C=O) groups excluding carboxylic acids is 1. The quantitative estimate of drug-likeness (QED) is 0.840. The highest BCUT2D eigenvalue weighted by Gasteiger charge is 2.33. The SMILES string of the molecule is NCC1(NC(=O)CCc2nc(-c3ccco3)no2)CCCC1. The van der Waals surface area contributed by atoms with Crippen molar-refractivity contribution < 1.29 is 13.7 Å². The van der Waals surface area contributed by atoms with Gasteiger partial charge in [-0.25, -0.2) is 0 Å². The lowest BCUT2D eigenvalue weighted by molar-refractivity contribution is -0.123. The number of nitrogens with two attached hydrogens (primary N) is 1. The molecule has 0 aromatic carbocycles. The minimum Gasteiger partial charge on any atom is -0.461 e. The second-order valence-electron chi connectivity index (χ2n) is 5.73. The molecule has 2 heterocycles. The van der Waals surface area contributed by atoms with Gasteiger partial charge in [0.2, 0.25) is 17.6 Å². The van der Waals surface area contributed by atoms with Crippen molar-refractivity contribution in [2.45, 2.75) is 44.1 Å². The van der Waals surface area contributed by atoms with Crippen LogP contribution >= 0.6 is 0 Å². The molecule has 118 valence electrons. The molecule has 2 aromatic heterocycles. The van der Waals surface area contributed by atoms with E-state index in [0.29, 0.717) is 36.9 Å². The number of aryl methyl sites for hydroxylation is 1. The molecule has 7 heteroatoms. The molecule has 0 unspecified atom stereocenters. The Morgan fingerprint density at radius 3 is 2.91 bits per heavy atom. The molecule has 0 saturated heterocycles. The molecule has 3 N–H and O–H groups in total. The van der Waals surface area contributed by atoms with Crippen LogP contribution in [-0.2, 0) is 11.2 Å². The number of amides is 1. The molecule has 3 rings (SSSR count). The number of aromatic nitrogens is 2. The van der Waals surface area contributed by atoms with E-state index in [1.54, 1.807) is 18.4 Å². The summed E-state index contributed by atoms with van der Waals surface area (Å²) in [7, 11) is 0. The van der Waals surface area contributed by atoms with Crippen LogP contribution in [0.15, 0.2) is 27.3 Å². The molecular weight excluding hydrogens is 284 g/mol. The monoisotopic (exact) mass is 304 g/mol. The van der Waals surface area contributed by atoms with E-state index in [2.05, 4.69) is 15.5 Å². The van der Waals surface area contributed by atoms with E-state index in [0.717, 1.165) is 25.7 Å². The van der Waals surface area contributed by atoms with E-state index in [-0.39, 0.29) is 11.4 Å². The highest BCUT2D eigenvalue weighted by atomic mass is 16.5. The van der Waals surface area contributed by atoms with Crippen molar-refractivity contribution in [3.05, 3.63) is 24.3 Å². The molecule has 1 amide bonds. The van der Waals surface area contributed by atoms with Crippen LogP contribution in [0.25, 0.3) is 11.6 Å². The van der Waals surface area contributed by atoms with Gasteiger partial charge in [-0.15, -0.1) is 0 Å². The highest BCUT2D eigenvalue weighted by Crippen LogP contribution is 2.28. The van der Waals surface area contributed by atoms with Gasteiger partial charge in [0.25, 0.3) is 0 Å². The van der Waals surface area contributed by atoms with E-state index >= 15 is 0 Å². The molecule has 0 bridgehead atoms. The summed E-state index contributed by atoms with van der Waals surface area (Å²) in [5, 5.41) is 6.91. The van der Waals surface area contributed by atoms with Gasteiger partial charge >= 0.3 is 0 Å². The number of carbonyl (C=O) groups is 1. The fourth-order valence-corrected chi connectivity index (χ4v) is 2.87. The Labute approximate surface area is 128 Å². The summed E-state index contributed by atoms with van der Waals surface area (Å²) in [5.74, 6) is 1.35. The zero-order valence-corrected chi connectivity index (χ0v) is 12.4. The number of nitrogens with zero attached hydrogens (tertiary/aromatic N) is 2. The predicted octanol–water partition coefficient (Wildman–Crippen LogP) is 1.65. The number of furan rings is 1. The fourth-order valence-electron chi connectivity index (χ4n) is 2.87. The lowest BCUT2D eigenvalue weighted by atomic mass is 9.97. The molecule has 1 fully saturated rings. The second-order valence-corrected chi connectivity index (χ2v) is 5.73. The van der Waals surface area contributed by atoms with Crippen LogP contribution in [0.4, 0.5) is 0 Å². The standard InChI is InChI=1S/C15H20N4O3/c16-10-15(7-1-2-8-15)18-12(20)5-6-13-17-14(19-22-13)11-4-3-9-21-11/h3-4,9H,1-2,5-8,10,16H2,(H,18,20). The van der Waals surface area contributed by atoms with Crippen molar-refractivity contribution in [3.8, 4) is 11.6 Å². The van der Waals surface area contributed by atoms with Crippen LogP contribution < -0.4 is 11.1 Å². The van der Waals surface area contributed by atoms with Crippen molar-refractivity contribution >= 4 is 5.91 Å².